The number of rotatable bonds is 11. The molecule has 0 unspecified atom stereocenters. The van der Waals surface area contributed by atoms with Crippen LogP contribution in [0.15, 0.2) is 23.2 Å². The summed E-state index contributed by atoms with van der Waals surface area (Å²) in [4.78, 5) is 50.2. The van der Waals surface area contributed by atoms with Crippen LogP contribution in [0.4, 0.5) is 0 Å². The molecule has 0 amide bonds. The Bertz CT molecular complexity index is 2700. The molecule has 6 heterocycles. The molecule has 394 valence electrons. The number of fused-ring (bicyclic) bond motifs is 3. The van der Waals surface area contributed by atoms with Gasteiger partial charge >= 0.3 is 37.4 Å². The van der Waals surface area contributed by atoms with Crippen LogP contribution < -0.4 is 0 Å². The molecular weight excluding hydrogens is 1030 g/mol. The molecule has 72 heavy (non-hydrogen) atoms. The Morgan fingerprint density at radius 2 is 0.861 bits per heavy atom. The average molecular weight is 1110 g/mol. The van der Waals surface area contributed by atoms with E-state index in [0.29, 0.717) is 48.1 Å². The van der Waals surface area contributed by atoms with Crippen LogP contribution in [-0.2, 0) is 45.5 Å². The summed E-state index contributed by atoms with van der Waals surface area (Å²) in [5.41, 5.74) is 11.3. The van der Waals surface area contributed by atoms with E-state index in [2.05, 4.69) is 145 Å². The molecule has 0 aliphatic heterocycles. The summed E-state index contributed by atoms with van der Waals surface area (Å²) >= 11 is 3.45. The van der Waals surface area contributed by atoms with E-state index in [0.717, 1.165) is 67.5 Å². The fraction of sp³-hybridized carbons (Fsp3) is 0.582. The Morgan fingerprint density at radius 1 is 0.556 bits per heavy atom. The third-order valence-electron chi connectivity index (χ3n) is 10.2. The molecule has 0 saturated carbocycles. The van der Waals surface area contributed by atoms with E-state index >= 15 is 0 Å². The maximum absolute atomic E-state index is 12.2. The van der Waals surface area contributed by atoms with E-state index in [4.69, 9.17) is 19.2 Å². The number of halogens is 1. The maximum atomic E-state index is 12.2. The molecule has 6 aromatic rings. The fourth-order valence-electron chi connectivity index (χ4n) is 7.65. The number of carbonyl (C=O) groups is 3. The number of esters is 3. The average Bonchev–Trinajstić information content (AvgIpc) is 3.87. The predicted molar refractivity (Wildman–Crippen MR) is 289 cm³/mol. The van der Waals surface area contributed by atoms with Crippen LogP contribution in [0.2, 0.25) is 0 Å². The van der Waals surface area contributed by atoms with Gasteiger partial charge in [-0.3, -0.25) is 0 Å². The fourth-order valence-corrected chi connectivity index (χ4v) is 8.00. The molecule has 0 aliphatic rings. The van der Waals surface area contributed by atoms with Gasteiger partial charge in [-0.25, -0.2) is 42.9 Å². The largest absolute Gasteiger partial charge is 2.00 e. The van der Waals surface area contributed by atoms with Gasteiger partial charge in [0.05, 0.1) is 83.6 Å². The predicted octanol–water partition coefficient (Wildman–Crippen LogP) is 13.5. The number of nitrogens with zero attached hydrogens (tertiary/aromatic N) is 9. The molecule has 0 aromatic carbocycles. The Hall–Kier alpha value is -4.63. The van der Waals surface area contributed by atoms with E-state index < -0.39 is 0 Å². The first kappa shape index (κ1) is 65.4. The Balaban J connectivity index is 0.000000499. The van der Waals surface area contributed by atoms with Gasteiger partial charge in [-0.1, -0.05) is 76.2 Å². The third-order valence-corrected chi connectivity index (χ3v) is 11.1. The molecular formula is C55H84BrN9O6Zn. The van der Waals surface area contributed by atoms with Crippen molar-refractivity contribution in [3.8, 4) is 0 Å². The number of ether oxygens (including phenoxy) is 3. The summed E-state index contributed by atoms with van der Waals surface area (Å²) < 4.78 is 21.6. The topological polar surface area (TPSA) is 169 Å². The zero-order valence-corrected chi connectivity index (χ0v) is 52.5. The quantitative estimate of drug-likeness (QED) is 0.0521. The van der Waals surface area contributed by atoms with Crippen molar-refractivity contribution in [2.45, 2.75) is 189 Å². The summed E-state index contributed by atoms with van der Waals surface area (Å²) in [6.45, 7) is 47.9. The Morgan fingerprint density at radius 3 is 1.19 bits per heavy atom. The van der Waals surface area contributed by atoms with Crippen molar-refractivity contribution in [3.05, 3.63) is 96.9 Å². The second kappa shape index (κ2) is 29.3. The molecule has 0 atom stereocenters. The van der Waals surface area contributed by atoms with Crippen molar-refractivity contribution in [2.75, 3.05) is 19.8 Å². The van der Waals surface area contributed by atoms with Crippen LogP contribution in [0.5, 0.6) is 0 Å². The molecule has 0 aliphatic carbocycles. The van der Waals surface area contributed by atoms with E-state index in [9.17, 15) is 14.4 Å². The van der Waals surface area contributed by atoms with Gasteiger partial charge in [0, 0.05) is 22.1 Å². The summed E-state index contributed by atoms with van der Waals surface area (Å²) in [5, 5.41) is 13.2. The van der Waals surface area contributed by atoms with Gasteiger partial charge in [-0.05, 0) is 87.6 Å². The first-order valence-corrected chi connectivity index (χ1v) is 25.6. The van der Waals surface area contributed by atoms with Gasteiger partial charge in [0.1, 0.15) is 4.60 Å². The van der Waals surface area contributed by atoms with E-state index in [1.54, 1.807) is 43.9 Å². The number of hydrogen-bond acceptors (Lipinski definition) is 12. The van der Waals surface area contributed by atoms with Crippen LogP contribution in [0.1, 0.15) is 232 Å². The first-order valence-electron chi connectivity index (χ1n) is 24.8. The van der Waals surface area contributed by atoms with E-state index in [1.807, 2.05) is 43.6 Å². The molecule has 6 aromatic heterocycles. The monoisotopic (exact) mass is 1110 g/mol. The summed E-state index contributed by atoms with van der Waals surface area (Å²) in [5.74, 6) is 2.81. The minimum Gasteiger partial charge on any atom is -0.462 e. The second-order valence-electron chi connectivity index (χ2n) is 20.8. The minimum atomic E-state index is -0.349. The number of imidazole rings is 3. The zero-order valence-electron chi connectivity index (χ0n) is 47.9. The van der Waals surface area contributed by atoms with Gasteiger partial charge < -0.3 is 26.0 Å². The number of carbonyl (C=O) groups excluding carboxylic acids is 3. The molecule has 0 N–H and O–H groups in total. The van der Waals surface area contributed by atoms with Crippen molar-refractivity contribution in [1.29, 1.82) is 0 Å². The minimum absolute atomic E-state index is 0. The molecule has 0 bridgehead atoms. The van der Waals surface area contributed by atoms with Crippen molar-refractivity contribution >= 4 is 50.8 Å². The smallest absolute Gasteiger partial charge is 0.462 e. The zero-order chi connectivity index (χ0) is 54.4. The standard InChI is InChI=1S/2C17H25N3O2.C13H16BrN3O2.2C4H9.Zn/c1-8-22-16(21)12-9-18-20-14(17(5,6)7)11(4)19-15(20)13(12)10(2)3;1-7-22-17(21)13-9-18-20-14(8-10(2)3)12(6)19-16(20)15(13)11(4)5;1-5-19-13(18)9-6-15-17-11(14)8(4)16-12(17)10(9)7(2)3;2*1-4(2)3;/h9-10H,8H2,1-7H3;9-11H,7-8H2,1-6H3;6-7H,5H2,1-4H3;2*1-3H3;/q;;;2*-1;+2. The molecule has 15 nitrogen and oxygen atoms in total. The van der Waals surface area contributed by atoms with Crippen LogP contribution in [-0.4, -0.2) is 81.5 Å². The first-order chi connectivity index (χ1) is 33.0. The molecule has 0 radical (unpaired) electrons. The van der Waals surface area contributed by atoms with Crippen LogP contribution in [0, 0.1) is 38.5 Å². The molecule has 17 heteroatoms. The van der Waals surface area contributed by atoms with Crippen molar-refractivity contribution in [3.63, 3.8) is 0 Å². The molecule has 6 rings (SSSR count). The van der Waals surface area contributed by atoms with Gasteiger partial charge in [0.25, 0.3) is 0 Å². The third kappa shape index (κ3) is 17.2. The van der Waals surface area contributed by atoms with Crippen LogP contribution in [0.3, 0.4) is 0 Å². The second-order valence-corrected chi connectivity index (χ2v) is 21.5. The van der Waals surface area contributed by atoms with E-state index in [1.165, 1.54) is 11.8 Å². The molecule has 0 spiro atoms. The van der Waals surface area contributed by atoms with Gasteiger partial charge in [0.2, 0.25) is 0 Å². The number of aromatic nitrogens is 9. The van der Waals surface area contributed by atoms with Crippen molar-refractivity contribution < 1.29 is 48.1 Å². The van der Waals surface area contributed by atoms with E-state index in [-0.39, 0.29) is 60.6 Å². The number of aryl methyl sites for hydroxylation is 3. The van der Waals surface area contributed by atoms with Gasteiger partial charge in [0.15, 0.2) is 16.9 Å². The molecule has 0 fully saturated rings. The van der Waals surface area contributed by atoms with Crippen molar-refractivity contribution in [2.24, 2.45) is 5.92 Å². The normalized spacial score (nSPS) is 11.2. The van der Waals surface area contributed by atoms with Gasteiger partial charge in [-0.15, -0.1) is 0 Å². The molecule has 0 saturated heterocycles. The Kier molecular flexibility index (Phi) is 26.6. The summed E-state index contributed by atoms with van der Waals surface area (Å²) in [7, 11) is 0. The van der Waals surface area contributed by atoms with Crippen molar-refractivity contribution in [1.82, 2.24) is 43.8 Å². The van der Waals surface area contributed by atoms with Crippen LogP contribution in [0.25, 0.3) is 16.9 Å². The van der Waals surface area contributed by atoms with Crippen LogP contribution >= 0.6 is 15.9 Å². The van der Waals surface area contributed by atoms with Gasteiger partial charge in [-0.2, -0.15) is 56.8 Å². The SMILES string of the molecule is CCOC(=O)c1cnn2c(Br)c(C)nc2c1C(C)C.CCOC(=O)c1cnn2c(C(C)(C)C)c(C)nc2c1C(C)C.CCOC(=O)c1cnn2c(CC(C)C)c(C)nc2c1C(C)C.C[C-](C)C.C[C-](C)C.[Zn+2]. The number of hydrogen-bond donors (Lipinski definition) is 0. The Labute approximate surface area is 451 Å². The summed E-state index contributed by atoms with van der Waals surface area (Å²) in [6.07, 6.45) is 5.68. The summed E-state index contributed by atoms with van der Waals surface area (Å²) in [6, 6.07) is 0. The maximum Gasteiger partial charge on any atom is 2.00 e.